The van der Waals surface area contributed by atoms with Crippen LogP contribution >= 0.6 is 11.6 Å². The number of nitrogens with one attached hydrogen (secondary N) is 3. The van der Waals surface area contributed by atoms with E-state index < -0.39 is 0 Å². The summed E-state index contributed by atoms with van der Waals surface area (Å²) in [6, 6.07) is 3.96. The summed E-state index contributed by atoms with van der Waals surface area (Å²) in [6.45, 7) is 5.57. The van der Waals surface area contributed by atoms with Crippen molar-refractivity contribution in [2.24, 2.45) is 0 Å². The van der Waals surface area contributed by atoms with E-state index in [1.54, 1.807) is 29.2 Å². The monoisotopic (exact) mass is 469 g/mol. The van der Waals surface area contributed by atoms with Gasteiger partial charge in [-0.05, 0) is 45.6 Å². The van der Waals surface area contributed by atoms with Crippen LogP contribution in [0.2, 0.25) is 5.02 Å². The van der Waals surface area contributed by atoms with Crippen molar-refractivity contribution in [3.05, 3.63) is 41.3 Å². The smallest absolute Gasteiger partial charge is 0.255 e. The van der Waals surface area contributed by atoms with Crippen molar-refractivity contribution in [3.8, 4) is 11.4 Å². The van der Waals surface area contributed by atoms with Gasteiger partial charge in [-0.3, -0.25) is 14.6 Å². The Morgan fingerprint density at radius 2 is 1.73 bits per heavy atom. The molecule has 0 spiro atoms. The van der Waals surface area contributed by atoms with E-state index in [1.807, 2.05) is 19.9 Å². The number of rotatable bonds is 6. The molecule has 3 aromatic rings. The first-order chi connectivity index (χ1) is 15.8. The Labute approximate surface area is 197 Å². The predicted octanol–water partition coefficient (Wildman–Crippen LogP) is 3.44. The van der Waals surface area contributed by atoms with Gasteiger partial charge in [0.1, 0.15) is 5.69 Å². The summed E-state index contributed by atoms with van der Waals surface area (Å²) in [5.74, 6) is -0.175. The van der Waals surface area contributed by atoms with E-state index in [0.717, 1.165) is 25.7 Å². The molecule has 3 heterocycles. The zero-order chi connectivity index (χ0) is 23.5. The van der Waals surface area contributed by atoms with E-state index >= 15 is 0 Å². The first-order valence-electron chi connectivity index (χ1n) is 11.1. The van der Waals surface area contributed by atoms with Gasteiger partial charge in [-0.25, -0.2) is 9.50 Å². The van der Waals surface area contributed by atoms with Crippen molar-refractivity contribution in [2.45, 2.75) is 64.6 Å². The molecule has 0 bridgehead atoms. The van der Waals surface area contributed by atoms with Crippen LogP contribution in [0.25, 0.3) is 17.0 Å². The first kappa shape index (κ1) is 23.0. The molecular formula is C23H28ClN7O2. The fourth-order valence-electron chi connectivity index (χ4n) is 4.17. The Morgan fingerprint density at radius 3 is 2.39 bits per heavy atom. The maximum atomic E-state index is 13.1. The van der Waals surface area contributed by atoms with E-state index in [1.165, 1.54) is 6.92 Å². The molecule has 0 atom stereocenters. The Balaban J connectivity index is 1.54. The van der Waals surface area contributed by atoms with Gasteiger partial charge in [0.05, 0.1) is 34.4 Å². The number of fused-ring (bicyclic) bond motifs is 1. The zero-order valence-electron chi connectivity index (χ0n) is 18.9. The lowest BCUT2D eigenvalue weighted by Crippen LogP contribution is -2.43. The average Bonchev–Trinajstić information content (AvgIpc) is 3.17. The number of halogens is 1. The maximum absolute atomic E-state index is 13.1. The number of pyridine rings is 1. The number of aromatic nitrogens is 4. The van der Waals surface area contributed by atoms with E-state index in [-0.39, 0.29) is 29.9 Å². The highest BCUT2D eigenvalue weighted by molar-refractivity contribution is 6.30. The van der Waals surface area contributed by atoms with Crippen LogP contribution in [0.1, 0.15) is 56.8 Å². The number of imidazole rings is 1. The van der Waals surface area contributed by atoms with Crippen molar-refractivity contribution in [1.29, 1.82) is 0 Å². The van der Waals surface area contributed by atoms with Crippen LogP contribution in [0, 0.1) is 0 Å². The summed E-state index contributed by atoms with van der Waals surface area (Å²) in [4.78, 5) is 33.3. The normalized spacial score (nSPS) is 18.3. The Hall–Kier alpha value is -3.20. The number of nitrogens with zero attached hydrogens (tertiary/aromatic N) is 4. The van der Waals surface area contributed by atoms with Gasteiger partial charge in [0, 0.05) is 37.3 Å². The summed E-state index contributed by atoms with van der Waals surface area (Å²) < 4.78 is 1.67. The maximum Gasteiger partial charge on any atom is 0.255 e. The van der Waals surface area contributed by atoms with Crippen molar-refractivity contribution < 1.29 is 9.59 Å². The van der Waals surface area contributed by atoms with Gasteiger partial charge < -0.3 is 16.0 Å². The molecule has 0 radical (unpaired) electrons. The summed E-state index contributed by atoms with van der Waals surface area (Å²) in [5, 5.41) is 14.3. The fraction of sp³-hybridized carbons (Fsp3) is 0.435. The second kappa shape index (κ2) is 9.74. The van der Waals surface area contributed by atoms with Gasteiger partial charge >= 0.3 is 0 Å². The third-order valence-corrected chi connectivity index (χ3v) is 5.86. The zero-order valence-corrected chi connectivity index (χ0v) is 19.7. The number of anilines is 1. The molecule has 1 aliphatic carbocycles. The van der Waals surface area contributed by atoms with E-state index in [0.29, 0.717) is 33.3 Å². The van der Waals surface area contributed by atoms with Crippen LogP contribution < -0.4 is 16.0 Å². The molecule has 0 aliphatic heterocycles. The van der Waals surface area contributed by atoms with E-state index in [2.05, 4.69) is 31.0 Å². The highest BCUT2D eigenvalue weighted by Gasteiger charge is 2.24. The van der Waals surface area contributed by atoms with Gasteiger partial charge in [-0.15, -0.1) is 0 Å². The van der Waals surface area contributed by atoms with Crippen molar-refractivity contribution >= 4 is 34.7 Å². The topological polar surface area (TPSA) is 113 Å². The third-order valence-electron chi connectivity index (χ3n) is 5.65. The molecule has 0 unspecified atom stereocenters. The molecule has 1 saturated carbocycles. The van der Waals surface area contributed by atoms with Crippen LogP contribution in [0.15, 0.2) is 30.7 Å². The average molecular weight is 470 g/mol. The summed E-state index contributed by atoms with van der Waals surface area (Å²) >= 11 is 6.02. The molecule has 0 saturated heterocycles. The van der Waals surface area contributed by atoms with Crippen molar-refractivity contribution in [2.75, 3.05) is 5.32 Å². The molecule has 174 valence electrons. The van der Waals surface area contributed by atoms with Gasteiger partial charge in [0.15, 0.2) is 5.65 Å². The van der Waals surface area contributed by atoms with Gasteiger partial charge in [0.25, 0.3) is 5.91 Å². The van der Waals surface area contributed by atoms with Crippen molar-refractivity contribution in [3.63, 3.8) is 0 Å². The highest BCUT2D eigenvalue weighted by Crippen LogP contribution is 2.26. The lowest BCUT2D eigenvalue weighted by atomic mass is 9.91. The molecule has 0 aromatic carbocycles. The largest absolute Gasteiger partial charge is 0.382 e. The Kier molecular flexibility index (Phi) is 6.78. The van der Waals surface area contributed by atoms with Crippen LogP contribution in [-0.4, -0.2) is 49.5 Å². The first-order valence-corrected chi connectivity index (χ1v) is 11.5. The molecule has 9 nitrogen and oxygen atoms in total. The van der Waals surface area contributed by atoms with Gasteiger partial charge in [0.2, 0.25) is 5.91 Å². The molecule has 2 amide bonds. The van der Waals surface area contributed by atoms with Crippen LogP contribution in [0.4, 0.5) is 5.69 Å². The van der Waals surface area contributed by atoms with Gasteiger partial charge in [-0.2, -0.15) is 5.10 Å². The Bertz CT molecular complexity index is 1170. The number of carbonyl (C=O) groups is 2. The molecule has 3 aromatic heterocycles. The fourth-order valence-corrected chi connectivity index (χ4v) is 4.31. The lowest BCUT2D eigenvalue weighted by Gasteiger charge is -2.29. The van der Waals surface area contributed by atoms with E-state index in [4.69, 9.17) is 11.6 Å². The SMILES string of the molecule is CC(=O)NC1CCC(NC(=O)c2cnc(-c3cnc4cc(Cl)cnn34)cc2NC(C)C)CC1. The lowest BCUT2D eigenvalue weighted by molar-refractivity contribution is -0.119. The number of carbonyl (C=O) groups excluding carboxylic acids is 2. The third kappa shape index (κ3) is 5.42. The van der Waals surface area contributed by atoms with Crippen LogP contribution in [0.3, 0.4) is 0 Å². The highest BCUT2D eigenvalue weighted by atomic mass is 35.5. The Morgan fingerprint density at radius 1 is 1.03 bits per heavy atom. The number of amides is 2. The van der Waals surface area contributed by atoms with Crippen LogP contribution in [0.5, 0.6) is 0 Å². The summed E-state index contributed by atoms with van der Waals surface area (Å²) in [7, 11) is 0. The predicted molar refractivity (Wildman–Crippen MR) is 127 cm³/mol. The second-order valence-electron chi connectivity index (χ2n) is 8.72. The molecule has 3 N–H and O–H groups in total. The number of hydrogen-bond donors (Lipinski definition) is 3. The number of hydrogen-bond acceptors (Lipinski definition) is 6. The molecule has 4 rings (SSSR count). The molecule has 1 fully saturated rings. The van der Waals surface area contributed by atoms with E-state index in [9.17, 15) is 9.59 Å². The standard InChI is InChI=1S/C23H28ClN7O2/c1-13(2)28-19-9-20(21-12-26-22-8-15(24)10-27-31(21)22)25-11-18(19)23(33)30-17-6-4-16(5-7-17)29-14(3)32/h8-13,16-17H,4-7H2,1-3H3,(H,25,28)(H,29,32)(H,30,33). The summed E-state index contributed by atoms with van der Waals surface area (Å²) in [5.41, 5.74) is 3.16. The van der Waals surface area contributed by atoms with Crippen molar-refractivity contribution in [1.82, 2.24) is 30.2 Å². The summed E-state index contributed by atoms with van der Waals surface area (Å²) in [6.07, 6.45) is 8.18. The second-order valence-corrected chi connectivity index (χ2v) is 9.16. The molecule has 10 heteroatoms. The van der Waals surface area contributed by atoms with Gasteiger partial charge in [-0.1, -0.05) is 11.6 Å². The molecular weight excluding hydrogens is 442 g/mol. The molecule has 33 heavy (non-hydrogen) atoms. The minimum atomic E-state index is -0.164. The molecule has 1 aliphatic rings. The minimum Gasteiger partial charge on any atom is -0.382 e. The quantitative estimate of drug-likeness (QED) is 0.509. The van der Waals surface area contributed by atoms with Crippen LogP contribution in [-0.2, 0) is 4.79 Å². The minimum absolute atomic E-state index is 0.0117.